The zero-order chi connectivity index (χ0) is 12.3. The molecule has 0 aliphatic rings. The number of carbonyl (C=O) groups is 1. The molecular weight excluding hydrogens is 226 g/mol. The third kappa shape index (κ3) is 2.97. The second kappa shape index (κ2) is 4.85. The van der Waals surface area contributed by atoms with Crippen LogP contribution in [0, 0.1) is 0 Å². The Kier molecular flexibility index (Phi) is 3.94. The highest BCUT2D eigenvalue weighted by molar-refractivity contribution is 6.31. The molecule has 88 valence electrons. The van der Waals surface area contributed by atoms with Gasteiger partial charge in [-0.25, -0.2) is 0 Å². The first-order valence-electron chi connectivity index (χ1n) is 5.08. The van der Waals surface area contributed by atoms with Gasteiger partial charge in [0.05, 0.1) is 0 Å². The smallest absolute Gasteiger partial charge is 0.320 e. The van der Waals surface area contributed by atoms with Crippen LogP contribution in [0.5, 0.6) is 0 Å². The van der Waals surface area contributed by atoms with Crippen molar-refractivity contribution in [2.75, 3.05) is 0 Å². The summed E-state index contributed by atoms with van der Waals surface area (Å²) in [7, 11) is 0. The molecule has 1 unspecified atom stereocenters. The Bertz CT molecular complexity index is 390. The van der Waals surface area contributed by atoms with Crippen LogP contribution < -0.4 is 5.73 Å². The number of benzene rings is 1. The standard InChI is InChI=1S/C12H16ClNO2/c1-12(2,7-10(14)11(15)16)8-5-3-4-6-9(8)13/h3-6,10H,7,14H2,1-2H3,(H,15,16). The highest BCUT2D eigenvalue weighted by Crippen LogP contribution is 2.33. The molecule has 16 heavy (non-hydrogen) atoms. The van der Waals surface area contributed by atoms with Crippen LogP contribution in [0.25, 0.3) is 0 Å². The number of hydrogen-bond acceptors (Lipinski definition) is 2. The fraction of sp³-hybridized carbons (Fsp3) is 0.417. The Hall–Kier alpha value is -1.06. The van der Waals surface area contributed by atoms with Gasteiger partial charge in [-0.15, -0.1) is 0 Å². The largest absolute Gasteiger partial charge is 0.480 e. The molecular formula is C12H16ClNO2. The minimum Gasteiger partial charge on any atom is -0.480 e. The number of rotatable bonds is 4. The monoisotopic (exact) mass is 241 g/mol. The van der Waals surface area contributed by atoms with Crippen molar-refractivity contribution in [1.82, 2.24) is 0 Å². The van der Waals surface area contributed by atoms with Crippen molar-refractivity contribution in [2.24, 2.45) is 5.73 Å². The number of aliphatic carboxylic acids is 1. The van der Waals surface area contributed by atoms with Gasteiger partial charge < -0.3 is 10.8 Å². The minimum atomic E-state index is -0.986. The molecule has 3 nitrogen and oxygen atoms in total. The Morgan fingerprint density at radius 2 is 2.06 bits per heavy atom. The van der Waals surface area contributed by atoms with Crippen LogP contribution in [0.3, 0.4) is 0 Å². The van der Waals surface area contributed by atoms with Crippen molar-refractivity contribution >= 4 is 17.6 Å². The molecule has 0 fully saturated rings. The van der Waals surface area contributed by atoms with Gasteiger partial charge in [0, 0.05) is 5.02 Å². The summed E-state index contributed by atoms with van der Waals surface area (Å²) in [6, 6.07) is 6.56. The Morgan fingerprint density at radius 1 is 1.50 bits per heavy atom. The molecule has 1 aromatic rings. The van der Waals surface area contributed by atoms with Gasteiger partial charge in [-0.2, -0.15) is 0 Å². The molecule has 0 radical (unpaired) electrons. The SMILES string of the molecule is CC(C)(CC(N)C(=O)O)c1ccccc1Cl. The molecule has 0 spiro atoms. The summed E-state index contributed by atoms with van der Waals surface area (Å²) in [4.78, 5) is 10.7. The van der Waals surface area contributed by atoms with Gasteiger partial charge in [0.2, 0.25) is 0 Å². The highest BCUT2D eigenvalue weighted by Gasteiger charge is 2.28. The molecule has 0 aromatic heterocycles. The molecule has 0 heterocycles. The fourth-order valence-electron chi connectivity index (χ4n) is 1.76. The van der Waals surface area contributed by atoms with Crippen LogP contribution in [-0.2, 0) is 10.2 Å². The van der Waals surface area contributed by atoms with Gasteiger partial charge in [0.25, 0.3) is 0 Å². The molecule has 0 aliphatic carbocycles. The third-order valence-electron chi connectivity index (χ3n) is 2.65. The summed E-state index contributed by atoms with van der Waals surface area (Å²) in [6.45, 7) is 3.88. The number of carboxylic acids is 1. The van der Waals surface area contributed by atoms with E-state index < -0.39 is 12.0 Å². The average Bonchev–Trinajstić information content (AvgIpc) is 2.17. The van der Waals surface area contributed by atoms with Crippen LogP contribution in [0.2, 0.25) is 5.02 Å². The van der Waals surface area contributed by atoms with E-state index in [0.29, 0.717) is 11.4 Å². The van der Waals surface area contributed by atoms with E-state index in [4.69, 9.17) is 22.4 Å². The molecule has 1 rings (SSSR count). The first kappa shape index (κ1) is 13.0. The maximum atomic E-state index is 10.7. The molecule has 0 aliphatic heterocycles. The minimum absolute atomic E-state index is 0.351. The van der Waals surface area contributed by atoms with Gasteiger partial charge in [-0.1, -0.05) is 43.6 Å². The Morgan fingerprint density at radius 3 is 2.56 bits per heavy atom. The van der Waals surface area contributed by atoms with Crippen LogP contribution >= 0.6 is 11.6 Å². The van der Waals surface area contributed by atoms with Crippen LogP contribution in [0.4, 0.5) is 0 Å². The molecule has 1 atom stereocenters. The molecule has 0 amide bonds. The van der Waals surface area contributed by atoms with E-state index in [0.717, 1.165) is 5.56 Å². The van der Waals surface area contributed by atoms with E-state index in [1.54, 1.807) is 6.07 Å². The number of halogens is 1. The normalized spacial score (nSPS) is 13.5. The summed E-state index contributed by atoms with van der Waals surface area (Å²) >= 11 is 6.08. The van der Waals surface area contributed by atoms with Gasteiger partial charge in [0.15, 0.2) is 0 Å². The molecule has 0 saturated heterocycles. The first-order chi connectivity index (χ1) is 7.34. The van der Waals surface area contributed by atoms with E-state index in [-0.39, 0.29) is 5.41 Å². The summed E-state index contributed by atoms with van der Waals surface area (Å²) in [5.74, 6) is -0.986. The Labute approximate surface area is 100 Å². The summed E-state index contributed by atoms with van der Waals surface area (Å²) < 4.78 is 0. The van der Waals surface area contributed by atoms with Gasteiger partial charge in [-0.3, -0.25) is 4.79 Å². The molecule has 4 heteroatoms. The van der Waals surface area contributed by atoms with Crippen LogP contribution in [-0.4, -0.2) is 17.1 Å². The van der Waals surface area contributed by atoms with E-state index >= 15 is 0 Å². The predicted octanol–water partition coefficient (Wildman–Crippen LogP) is 2.42. The topological polar surface area (TPSA) is 63.3 Å². The third-order valence-corrected chi connectivity index (χ3v) is 2.98. The highest BCUT2D eigenvalue weighted by atomic mass is 35.5. The first-order valence-corrected chi connectivity index (χ1v) is 5.46. The van der Waals surface area contributed by atoms with E-state index in [2.05, 4.69) is 0 Å². The number of carboxylic acid groups (broad SMARTS) is 1. The quantitative estimate of drug-likeness (QED) is 0.851. The van der Waals surface area contributed by atoms with Crippen LogP contribution in [0.1, 0.15) is 25.8 Å². The van der Waals surface area contributed by atoms with Gasteiger partial charge >= 0.3 is 5.97 Å². The van der Waals surface area contributed by atoms with Crippen molar-refractivity contribution < 1.29 is 9.90 Å². The average molecular weight is 242 g/mol. The second-order valence-corrected chi connectivity index (χ2v) is 4.92. The predicted molar refractivity (Wildman–Crippen MR) is 64.7 cm³/mol. The maximum absolute atomic E-state index is 10.7. The fourth-order valence-corrected chi connectivity index (χ4v) is 2.15. The number of nitrogens with two attached hydrogens (primary N) is 1. The van der Waals surface area contributed by atoms with Gasteiger partial charge in [0.1, 0.15) is 6.04 Å². The maximum Gasteiger partial charge on any atom is 0.320 e. The summed E-state index contributed by atoms with van der Waals surface area (Å²) in [5.41, 5.74) is 6.12. The van der Waals surface area contributed by atoms with Crippen molar-refractivity contribution in [3.8, 4) is 0 Å². The zero-order valence-electron chi connectivity index (χ0n) is 9.40. The molecule has 0 saturated carbocycles. The lowest BCUT2D eigenvalue weighted by atomic mass is 9.79. The van der Waals surface area contributed by atoms with Crippen molar-refractivity contribution in [1.29, 1.82) is 0 Å². The van der Waals surface area contributed by atoms with Crippen molar-refractivity contribution in [2.45, 2.75) is 31.7 Å². The van der Waals surface area contributed by atoms with Gasteiger partial charge in [-0.05, 0) is 23.5 Å². The van der Waals surface area contributed by atoms with Crippen LogP contribution in [0.15, 0.2) is 24.3 Å². The molecule has 1 aromatic carbocycles. The van der Waals surface area contributed by atoms with E-state index in [1.165, 1.54) is 0 Å². The Balaban J connectivity index is 2.94. The lowest BCUT2D eigenvalue weighted by Gasteiger charge is -2.28. The summed E-state index contributed by atoms with van der Waals surface area (Å²) in [5, 5.41) is 9.45. The lowest BCUT2D eigenvalue weighted by Crippen LogP contribution is -2.36. The number of hydrogen-bond donors (Lipinski definition) is 2. The summed E-state index contributed by atoms with van der Waals surface area (Å²) in [6.07, 6.45) is 0.353. The van der Waals surface area contributed by atoms with E-state index in [1.807, 2.05) is 32.0 Å². The zero-order valence-corrected chi connectivity index (χ0v) is 10.2. The second-order valence-electron chi connectivity index (χ2n) is 4.51. The van der Waals surface area contributed by atoms with Crippen molar-refractivity contribution in [3.63, 3.8) is 0 Å². The molecule has 0 bridgehead atoms. The van der Waals surface area contributed by atoms with Crippen molar-refractivity contribution in [3.05, 3.63) is 34.9 Å². The lowest BCUT2D eigenvalue weighted by molar-refractivity contribution is -0.139. The molecule has 3 N–H and O–H groups in total. The van der Waals surface area contributed by atoms with E-state index in [9.17, 15) is 4.79 Å².